The largest absolute Gasteiger partial charge is 0.319 e. The van der Waals surface area contributed by atoms with Crippen LogP contribution in [0.2, 0.25) is 0 Å². The molecule has 28 heavy (non-hydrogen) atoms. The van der Waals surface area contributed by atoms with Gasteiger partial charge in [0, 0.05) is 17.7 Å². The molecule has 4 aromatic rings. The zero-order valence-electron chi connectivity index (χ0n) is 15.4. The van der Waals surface area contributed by atoms with Crippen LogP contribution in [0.5, 0.6) is 0 Å². The summed E-state index contributed by atoms with van der Waals surface area (Å²) >= 11 is 1.60. The molecule has 0 aliphatic rings. The van der Waals surface area contributed by atoms with Gasteiger partial charge < -0.3 is 4.57 Å². The van der Waals surface area contributed by atoms with Crippen LogP contribution < -0.4 is 5.14 Å². The molecule has 4 rings (SSSR count). The standard InChI is InChI=1S/C20H20N4O2S2/c1-2-11-24-19-10-9-16(28(21,25)26)12-18(19)23-20(24)27-13-15-8-7-14-5-3-4-6-17(14)22-15/h3-10,12H,2,11,13H2,1H3,(H2,21,25,26). The van der Waals surface area contributed by atoms with E-state index >= 15 is 0 Å². The molecule has 2 N–H and O–H groups in total. The van der Waals surface area contributed by atoms with E-state index in [1.165, 1.54) is 12.1 Å². The van der Waals surface area contributed by atoms with Gasteiger partial charge in [-0.05, 0) is 36.8 Å². The lowest BCUT2D eigenvalue weighted by molar-refractivity contribution is 0.598. The molecule has 0 aliphatic carbocycles. The number of primary sulfonamides is 1. The SMILES string of the molecule is CCCn1c(SCc2ccc3ccccc3n2)nc2cc(S(N)(=O)=O)ccc21. The molecule has 0 fully saturated rings. The van der Waals surface area contributed by atoms with Gasteiger partial charge in [0.15, 0.2) is 5.16 Å². The number of nitrogens with two attached hydrogens (primary N) is 1. The molecule has 0 aliphatic heterocycles. The molecule has 2 heterocycles. The quantitative estimate of drug-likeness (QED) is 0.485. The monoisotopic (exact) mass is 412 g/mol. The zero-order valence-corrected chi connectivity index (χ0v) is 17.0. The molecule has 6 nitrogen and oxygen atoms in total. The van der Waals surface area contributed by atoms with Crippen molar-refractivity contribution < 1.29 is 8.42 Å². The van der Waals surface area contributed by atoms with E-state index in [1.54, 1.807) is 17.8 Å². The predicted octanol–water partition coefficient (Wildman–Crippen LogP) is 3.93. The van der Waals surface area contributed by atoms with Gasteiger partial charge in [-0.1, -0.05) is 43.0 Å². The molecule has 0 atom stereocenters. The third-order valence-electron chi connectivity index (χ3n) is 4.47. The average molecular weight is 413 g/mol. The summed E-state index contributed by atoms with van der Waals surface area (Å²) in [5, 5.41) is 7.22. The van der Waals surface area contributed by atoms with Gasteiger partial charge >= 0.3 is 0 Å². The fraction of sp³-hybridized carbons (Fsp3) is 0.200. The van der Waals surface area contributed by atoms with E-state index in [9.17, 15) is 8.42 Å². The smallest absolute Gasteiger partial charge is 0.238 e. The highest BCUT2D eigenvalue weighted by Gasteiger charge is 2.15. The van der Waals surface area contributed by atoms with E-state index < -0.39 is 10.0 Å². The van der Waals surface area contributed by atoms with Crippen LogP contribution in [-0.2, 0) is 22.3 Å². The van der Waals surface area contributed by atoms with Crippen LogP contribution in [0, 0.1) is 0 Å². The molecule has 144 valence electrons. The number of rotatable bonds is 6. The van der Waals surface area contributed by atoms with Crippen LogP contribution in [0.15, 0.2) is 64.6 Å². The van der Waals surface area contributed by atoms with Gasteiger partial charge in [0.2, 0.25) is 10.0 Å². The maximum Gasteiger partial charge on any atom is 0.238 e. The molecule has 2 aromatic heterocycles. The second-order valence-electron chi connectivity index (χ2n) is 6.53. The maximum atomic E-state index is 11.6. The number of sulfonamides is 1. The maximum absolute atomic E-state index is 11.6. The number of aromatic nitrogens is 3. The number of thioether (sulfide) groups is 1. The third-order valence-corrected chi connectivity index (χ3v) is 6.39. The number of hydrogen-bond donors (Lipinski definition) is 1. The Bertz CT molecular complexity index is 1270. The minimum Gasteiger partial charge on any atom is -0.319 e. The van der Waals surface area contributed by atoms with Crippen molar-refractivity contribution >= 4 is 43.7 Å². The second-order valence-corrected chi connectivity index (χ2v) is 9.03. The van der Waals surface area contributed by atoms with Crippen molar-refractivity contribution in [3.8, 4) is 0 Å². The Morgan fingerprint density at radius 2 is 1.86 bits per heavy atom. The summed E-state index contributed by atoms with van der Waals surface area (Å²) in [6.45, 7) is 2.91. The van der Waals surface area contributed by atoms with Crippen molar-refractivity contribution in [1.82, 2.24) is 14.5 Å². The first kappa shape index (κ1) is 18.9. The number of benzene rings is 2. The molecule has 8 heteroatoms. The molecular weight excluding hydrogens is 392 g/mol. The number of para-hydroxylation sites is 1. The van der Waals surface area contributed by atoms with Crippen LogP contribution in [-0.4, -0.2) is 23.0 Å². The van der Waals surface area contributed by atoms with Gasteiger partial charge in [-0.2, -0.15) is 0 Å². The van der Waals surface area contributed by atoms with Gasteiger partial charge in [0.25, 0.3) is 0 Å². The Balaban J connectivity index is 1.67. The van der Waals surface area contributed by atoms with E-state index in [4.69, 9.17) is 10.1 Å². The van der Waals surface area contributed by atoms with E-state index in [-0.39, 0.29) is 4.90 Å². The highest BCUT2D eigenvalue weighted by molar-refractivity contribution is 7.98. The van der Waals surface area contributed by atoms with Crippen molar-refractivity contribution in [2.45, 2.75) is 35.7 Å². The zero-order chi connectivity index (χ0) is 19.7. The summed E-state index contributed by atoms with van der Waals surface area (Å²) in [4.78, 5) is 9.45. The molecule has 0 radical (unpaired) electrons. The van der Waals surface area contributed by atoms with Gasteiger partial charge in [-0.25, -0.2) is 18.5 Å². The normalized spacial score (nSPS) is 12.1. The summed E-state index contributed by atoms with van der Waals surface area (Å²) in [5.41, 5.74) is 3.49. The molecule has 0 saturated carbocycles. The van der Waals surface area contributed by atoms with Crippen molar-refractivity contribution in [3.63, 3.8) is 0 Å². The van der Waals surface area contributed by atoms with E-state index in [1.807, 2.05) is 30.3 Å². The Morgan fingerprint density at radius 3 is 2.64 bits per heavy atom. The molecular formula is C20H20N4O2S2. The van der Waals surface area contributed by atoms with Gasteiger partial charge in [-0.3, -0.25) is 4.98 Å². The van der Waals surface area contributed by atoms with E-state index in [0.717, 1.165) is 40.2 Å². The van der Waals surface area contributed by atoms with Gasteiger partial charge in [0.05, 0.1) is 27.1 Å². The van der Waals surface area contributed by atoms with Crippen LogP contribution in [0.3, 0.4) is 0 Å². The lowest BCUT2D eigenvalue weighted by Crippen LogP contribution is -2.11. The average Bonchev–Trinajstić information content (AvgIpc) is 3.03. The Hall–Kier alpha value is -2.42. The Morgan fingerprint density at radius 1 is 1.04 bits per heavy atom. The Labute approximate surface area is 167 Å². The molecule has 0 unspecified atom stereocenters. The van der Waals surface area contributed by atoms with Crippen LogP contribution in [0.25, 0.3) is 21.9 Å². The lowest BCUT2D eigenvalue weighted by Gasteiger charge is -2.08. The molecule has 0 bridgehead atoms. The molecule has 0 saturated heterocycles. The number of pyridine rings is 1. The summed E-state index contributed by atoms with van der Waals surface area (Å²) < 4.78 is 25.4. The van der Waals surface area contributed by atoms with E-state index in [2.05, 4.69) is 22.5 Å². The minimum atomic E-state index is -3.75. The fourth-order valence-corrected chi connectivity index (χ4v) is 4.62. The molecule has 0 amide bonds. The molecule has 2 aromatic carbocycles. The number of hydrogen-bond acceptors (Lipinski definition) is 5. The summed E-state index contributed by atoms with van der Waals surface area (Å²) in [6, 6.07) is 17.0. The number of aryl methyl sites for hydroxylation is 1. The number of nitrogens with zero attached hydrogens (tertiary/aromatic N) is 3. The summed E-state index contributed by atoms with van der Waals surface area (Å²) in [6.07, 6.45) is 0.949. The topological polar surface area (TPSA) is 90.9 Å². The van der Waals surface area contributed by atoms with E-state index in [0.29, 0.717) is 11.3 Å². The Kier molecular flexibility index (Phi) is 5.09. The fourth-order valence-electron chi connectivity index (χ4n) is 3.14. The van der Waals surface area contributed by atoms with Crippen LogP contribution in [0.1, 0.15) is 19.0 Å². The number of imidazole rings is 1. The highest BCUT2D eigenvalue weighted by atomic mass is 32.2. The van der Waals surface area contributed by atoms with Gasteiger partial charge in [0.1, 0.15) is 0 Å². The molecule has 0 spiro atoms. The second kappa shape index (κ2) is 7.54. The van der Waals surface area contributed by atoms with Crippen molar-refractivity contribution in [1.29, 1.82) is 0 Å². The van der Waals surface area contributed by atoms with Crippen molar-refractivity contribution in [3.05, 3.63) is 60.3 Å². The summed E-state index contributed by atoms with van der Waals surface area (Å²) in [7, 11) is -3.75. The third kappa shape index (κ3) is 3.76. The first-order chi connectivity index (χ1) is 13.5. The number of fused-ring (bicyclic) bond motifs is 2. The van der Waals surface area contributed by atoms with Crippen LogP contribution >= 0.6 is 11.8 Å². The van der Waals surface area contributed by atoms with Gasteiger partial charge in [-0.15, -0.1) is 0 Å². The first-order valence-corrected chi connectivity index (χ1v) is 11.5. The predicted molar refractivity (Wildman–Crippen MR) is 113 cm³/mol. The minimum absolute atomic E-state index is 0.0777. The summed E-state index contributed by atoms with van der Waals surface area (Å²) in [5.74, 6) is 0.680. The van der Waals surface area contributed by atoms with Crippen molar-refractivity contribution in [2.75, 3.05) is 0 Å². The highest BCUT2D eigenvalue weighted by Crippen LogP contribution is 2.28. The van der Waals surface area contributed by atoms with Crippen LogP contribution in [0.4, 0.5) is 0 Å². The lowest BCUT2D eigenvalue weighted by atomic mass is 10.2. The van der Waals surface area contributed by atoms with Crippen molar-refractivity contribution in [2.24, 2.45) is 5.14 Å². The first-order valence-electron chi connectivity index (χ1n) is 8.96.